The van der Waals surface area contributed by atoms with Crippen molar-refractivity contribution in [1.29, 1.82) is 0 Å². The van der Waals surface area contributed by atoms with E-state index in [9.17, 15) is 4.79 Å². The quantitative estimate of drug-likeness (QED) is 0.458. The lowest BCUT2D eigenvalue weighted by atomic mass is 10.1. The van der Waals surface area contributed by atoms with Crippen LogP contribution in [0.25, 0.3) is 22.0 Å². The Morgan fingerprint density at radius 1 is 0.882 bits per heavy atom. The van der Waals surface area contributed by atoms with Gasteiger partial charge in [-0.15, -0.1) is 10.2 Å². The number of hydrogen-bond donors (Lipinski definition) is 1. The maximum atomic E-state index is 12.8. The average molecular weight is 454 g/mol. The Balaban J connectivity index is 1.20. The lowest BCUT2D eigenvalue weighted by Gasteiger charge is -2.35. The van der Waals surface area contributed by atoms with E-state index in [4.69, 9.17) is 4.74 Å². The Kier molecular flexibility index (Phi) is 6.25. The first-order valence-electron chi connectivity index (χ1n) is 11.6. The van der Waals surface area contributed by atoms with Crippen LogP contribution in [0.5, 0.6) is 5.75 Å². The maximum Gasteiger partial charge on any atom is 0.322 e. The summed E-state index contributed by atoms with van der Waals surface area (Å²) in [5.74, 6) is 1.50. The van der Waals surface area contributed by atoms with E-state index in [0.29, 0.717) is 44.2 Å². The van der Waals surface area contributed by atoms with Crippen LogP contribution < -0.4 is 15.0 Å². The number of benzene rings is 3. The molecule has 7 nitrogen and oxygen atoms in total. The molecule has 0 bridgehead atoms. The molecule has 0 spiro atoms. The first-order valence-corrected chi connectivity index (χ1v) is 11.6. The zero-order chi connectivity index (χ0) is 23.3. The molecule has 1 fully saturated rings. The van der Waals surface area contributed by atoms with Crippen LogP contribution in [0.4, 0.5) is 16.3 Å². The summed E-state index contributed by atoms with van der Waals surface area (Å²) in [6.07, 6.45) is 0. The number of fused-ring (bicyclic) bond motifs is 1. The van der Waals surface area contributed by atoms with Crippen LogP contribution in [-0.2, 0) is 0 Å². The van der Waals surface area contributed by atoms with Gasteiger partial charge in [0.15, 0.2) is 5.82 Å². The van der Waals surface area contributed by atoms with Crippen molar-refractivity contribution in [3.63, 3.8) is 0 Å². The number of amides is 2. The minimum absolute atomic E-state index is 0.121. The van der Waals surface area contributed by atoms with E-state index in [1.54, 1.807) is 0 Å². The molecule has 1 saturated heterocycles. The Morgan fingerprint density at radius 3 is 2.41 bits per heavy atom. The molecule has 1 aliphatic rings. The van der Waals surface area contributed by atoms with Crippen molar-refractivity contribution in [2.24, 2.45) is 0 Å². The van der Waals surface area contributed by atoms with E-state index < -0.39 is 0 Å². The average Bonchev–Trinajstić information content (AvgIpc) is 2.90. The summed E-state index contributed by atoms with van der Waals surface area (Å²) in [6, 6.07) is 26.0. The van der Waals surface area contributed by atoms with E-state index in [1.807, 2.05) is 60.4 Å². The van der Waals surface area contributed by atoms with Gasteiger partial charge in [-0.1, -0.05) is 48.5 Å². The highest BCUT2D eigenvalue weighted by Gasteiger charge is 2.23. The van der Waals surface area contributed by atoms with Gasteiger partial charge in [0.2, 0.25) is 0 Å². The third kappa shape index (κ3) is 4.64. The van der Waals surface area contributed by atoms with E-state index in [-0.39, 0.29) is 6.03 Å². The smallest absolute Gasteiger partial charge is 0.322 e. The van der Waals surface area contributed by atoms with Crippen LogP contribution in [0.15, 0.2) is 78.9 Å². The Bertz CT molecular complexity index is 1280. The normalized spacial score (nSPS) is 13.7. The molecule has 7 heteroatoms. The lowest BCUT2D eigenvalue weighted by molar-refractivity contribution is 0.208. The third-order valence-electron chi connectivity index (χ3n) is 6.02. The van der Waals surface area contributed by atoms with Crippen molar-refractivity contribution in [3.8, 4) is 17.0 Å². The molecule has 3 aromatic carbocycles. The van der Waals surface area contributed by atoms with Gasteiger partial charge < -0.3 is 19.9 Å². The van der Waals surface area contributed by atoms with E-state index in [2.05, 4.69) is 50.7 Å². The fourth-order valence-corrected chi connectivity index (χ4v) is 4.18. The lowest BCUT2D eigenvalue weighted by Crippen LogP contribution is -2.50. The van der Waals surface area contributed by atoms with Gasteiger partial charge in [-0.3, -0.25) is 0 Å². The molecule has 0 atom stereocenters. The van der Waals surface area contributed by atoms with Crippen molar-refractivity contribution in [1.82, 2.24) is 15.1 Å². The summed E-state index contributed by atoms with van der Waals surface area (Å²) in [6.45, 7) is 5.09. The number of anilines is 2. The van der Waals surface area contributed by atoms with Gasteiger partial charge in [-0.25, -0.2) is 4.79 Å². The van der Waals surface area contributed by atoms with Gasteiger partial charge in [-0.2, -0.15) is 0 Å². The summed E-state index contributed by atoms with van der Waals surface area (Å²) < 4.78 is 5.61. The van der Waals surface area contributed by atoms with Crippen LogP contribution in [0.2, 0.25) is 0 Å². The maximum absolute atomic E-state index is 12.8. The molecule has 2 amide bonds. The summed E-state index contributed by atoms with van der Waals surface area (Å²) >= 11 is 0. The molecule has 0 saturated carbocycles. The number of carbonyl (C=O) groups is 1. The molecule has 5 rings (SSSR count). The highest BCUT2D eigenvalue weighted by molar-refractivity contribution is 5.91. The molecule has 1 aliphatic heterocycles. The number of nitrogens with one attached hydrogen (secondary N) is 1. The highest BCUT2D eigenvalue weighted by Crippen LogP contribution is 2.25. The first kappa shape index (κ1) is 21.7. The van der Waals surface area contributed by atoms with Crippen molar-refractivity contribution >= 4 is 28.3 Å². The number of ether oxygens (including phenoxy) is 1. The van der Waals surface area contributed by atoms with Gasteiger partial charge in [0.1, 0.15) is 5.75 Å². The van der Waals surface area contributed by atoms with E-state index in [0.717, 1.165) is 17.1 Å². The Morgan fingerprint density at radius 2 is 1.65 bits per heavy atom. The van der Waals surface area contributed by atoms with Crippen LogP contribution in [0, 0.1) is 0 Å². The van der Waals surface area contributed by atoms with Gasteiger partial charge in [-0.05, 0) is 48.0 Å². The predicted octanol–water partition coefficient (Wildman–Crippen LogP) is 5.05. The second-order valence-electron chi connectivity index (χ2n) is 8.17. The number of rotatable bonds is 5. The zero-order valence-corrected chi connectivity index (χ0v) is 19.1. The molecule has 34 heavy (non-hydrogen) atoms. The zero-order valence-electron chi connectivity index (χ0n) is 19.1. The van der Waals surface area contributed by atoms with Crippen molar-refractivity contribution in [2.75, 3.05) is 43.0 Å². The topological polar surface area (TPSA) is 70.6 Å². The third-order valence-corrected chi connectivity index (χ3v) is 6.02. The minimum Gasteiger partial charge on any atom is -0.492 e. The van der Waals surface area contributed by atoms with Crippen LogP contribution in [0.3, 0.4) is 0 Å². The molecule has 172 valence electrons. The van der Waals surface area contributed by atoms with Gasteiger partial charge in [0.25, 0.3) is 0 Å². The summed E-state index contributed by atoms with van der Waals surface area (Å²) in [4.78, 5) is 16.8. The van der Waals surface area contributed by atoms with E-state index >= 15 is 0 Å². The molecule has 0 unspecified atom stereocenters. The highest BCUT2D eigenvalue weighted by atomic mass is 16.5. The van der Waals surface area contributed by atoms with Crippen LogP contribution in [0.1, 0.15) is 6.92 Å². The number of hydrogen-bond acceptors (Lipinski definition) is 5. The fourth-order valence-electron chi connectivity index (χ4n) is 4.18. The SMILES string of the molecule is CCOc1ccccc1NC(=O)N1CCN(c2ccc(-c3ccc4ccccc4c3)nn2)CC1. The van der Waals surface area contributed by atoms with Crippen LogP contribution >= 0.6 is 0 Å². The number of para-hydroxylation sites is 2. The number of carbonyl (C=O) groups excluding carboxylic acids is 1. The minimum atomic E-state index is -0.121. The standard InChI is InChI=1S/C27H27N5O2/c1-2-34-25-10-6-5-9-24(25)28-27(33)32-17-15-31(16-18-32)26-14-13-23(29-30-26)22-12-11-20-7-3-4-8-21(20)19-22/h3-14,19H,2,15-18H2,1H3,(H,28,33). The van der Waals surface area contributed by atoms with Gasteiger partial charge >= 0.3 is 6.03 Å². The van der Waals surface area contributed by atoms with Gasteiger partial charge in [0, 0.05) is 31.7 Å². The summed E-state index contributed by atoms with van der Waals surface area (Å²) in [5.41, 5.74) is 2.58. The van der Waals surface area contributed by atoms with Crippen molar-refractivity contribution in [2.45, 2.75) is 6.92 Å². The predicted molar refractivity (Wildman–Crippen MR) is 135 cm³/mol. The molecule has 4 aromatic rings. The second kappa shape index (κ2) is 9.79. The van der Waals surface area contributed by atoms with Crippen molar-refractivity contribution < 1.29 is 9.53 Å². The van der Waals surface area contributed by atoms with E-state index in [1.165, 1.54) is 10.8 Å². The molecule has 1 N–H and O–H groups in total. The molecule has 2 heterocycles. The summed E-state index contributed by atoms with van der Waals surface area (Å²) in [7, 11) is 0. The van der Waals surface area contributed by atoms with Gasteiger partial charge in [0.05, 0.1) is 18.0 Å². The number of aromatic nitrogens is 2. The molecule has 0 radical (unpaired) electrons. The monoisotopic (exact) mass is 453 g/mol. The van der Waals surface area contributed by atoms with Crippen molar-refractivity contribution in [3.05, 3.63) is 78.9 Å². The fraction of sp³-hybridized carbons (Fsp3) is 0.222. The number of piperazine rings is 1. The summed E-state index contributed by atoms with van der Waals surface area (Å²) in [5, 5.41) is 14.3. The molecular weight excluding hydrogens is 426 g/mol. The molecule has 1 aromatic heterocycles. The Hall–Kier alpha value is -4.13. The Labute approximate surface area is 199 Å². The largest absolute Gasteiger partial charge is 0.492 e. The first-order chi connectivity index (χ1) is 16.7. The second-order valence-corrected chi connectivity index (χ2v) is 8.17. The molecule has 0 aliphatic carbocycles. The molecular formula is C27H27N5O2. The van der Waals surface area contributed by atoms with Crippen LogP contribution in [-0.4, -0.2) is 53.9 Å². The number of urea groups is 1. The number of nitrogens with zero attached hydrogens (tertiary/aromatic N) is 4.